The highest BCUT2D eigenvalue weighted by Gasteiger charge is 2.38. The molecular formula is C16H26N2O4+2. The van der Waals surface area contributed by atoms with Crippen LogP contribution in [0.3, 0.4) is 0 Å². The van der Waals surface area contributed by atoms with Crippen molar-refractivity contribution in [3.63, 3.8) is 0 Å². The lowest BCUT2D eigenvalue weighted by molar-refractivity contribution is -0.913. The van der Waals surface area contributed by atoms with Crippen molar-refractivity contribution in [1.29, 1.82) is 0 Å². The second-order valence-corrected chi connectivity index (χ2v) is 5.32. The Hall–Kier alpha value is -1.79. The third-order valence-electron chi connectivity index (χ3n) is 4.20. The first-order valence-electron chi connectivity index (χ1n) is 7.78. The molecule has 6 heteroatoms. The van der Waals surface area contributed by atoms with Gasteiger partial charge in [0.1, 0.15) is 18.7 Å². The van der Waals surface area contributed by atoms with Crippen LogP contribution in [0, 0.1) is 0 Å². The SMILES string of the molecule is CC[NH+](CC)CC[NH2+][C@@H]1OC(=O)c2c1ccc(OC)c2OC. The van der Waals surface area contributed by atoms with Gasteiger partial charge in [0.05, 0.1) is 32.9 Å². The van der Waals surface area contributed by atoms with E-state index in [-0.39, 0.29) is 12.2 Å². The molecule has 0 saturated carbocycles. The number of nitrogens with two attached hydrogens (primary N) is 1. The van der Waals surface area contributed by atoms with Crippen LogP contribution in [0.4, 0.5) is 0 Å². The van der Waals surface area contributed by atoms with Crippen molar-refractivity contribution in [1.82, 2.24) is 0 Å². The monoisotopic (exact) mass is 310 g/mol. The molecule has 1 aliphatic rings. The molecule has 1 atom stereocenters. The molecule has 0 bridgehead atoms. The first kappa shape index (κ1) is 16.6. The summed E-state index contributed by atoms with van der Waals surface area (Å²) >= 11 is 0. The highest BCUT2D eigenvalue weighted by Crippen LogP contribution is 2.39. The molecule has 1 aromatic carbocycles. The maximum absolute atomic E-state index is 12.2. The maximum atomic E-state index is 12.2. The Balaban J connectivity index is 2.12. The summed E-state index contributed by atoms with van der Waals surface area (Å²) in [5.74, 6) is 0.656. The van der Waals surface area contributed by atoms with Crippen LogP contribution >= 0.6 is 0 Å². The second kappa shape index (κ2) is 7.47. The summed E-state index contributed by atoms with van der Waals surface area (Å²) in [6.07, 6.45) is -0.294. The van der Waals surface area contributed by atoms with Crippen molar-refractivity contribution in [3.05, 3.63) is 23.3 Å². The first-order chi connectivity index (χ1) is 10.7. The lowest BCUT2D eigenvalue weighted by Gasteiger charge is -2.16. The topological polar surface area (TPSA) is 65.8 Å². The normalized spacial score (nSPS) is 16.6. The lowest BCUT2D eigenvalue weighted by Crippen LogP contribution is -3.14. The van der Waals surface area contributed by atoms with E-state index in [0.29, 0.717) is 17.1 Å². The number of ether oxygens (including phenoxy) is 3. The molecule has 0 aliphatic carbocycles. The molecule has 1 aromatic rings. The Bertz CT molecular complexity index is 529. The largest absolute Gasteiger partial charge is 0.493 e. The zero-order valence-electron chi connectivity index (χ0n) is 13.8. The molecule has 0 spiro atoms. The van der Waals surface area contributed by atoms with Gasteiger partial charge in [0.25, 0.3) is 6.23 Å². The number of carbonyl (C=O) groups excluding carboxylic acids is 1. The van der Waals surface area contributed by atoms with Crippen LogP contribution in [0.25, 0.3) is 0 Å². The first-order valence-corrected chi connectivity index (χ1v) is 7.78. The highest BCUT2D eigenvalue weighted by atomic mass is 16.6. The number of cyclic esters (lactones) is 1. The molecule has 0 unspecified atom stereocenters. The van der Waals surface area contributed by atoms with Gasteiger partial charge in [-0.05, 0) is 26.0 Å². The lowest BCUT2D eigenvalue weighted by atomic mass is 10.1. The van der Waals surface area contributed by atoms with Gasteiger partial charge < -0.3 is 24.4 Å². The molecule has 122 valence electrons. The minimum atomic E-state index is -0.345. The Morgan fingerprint density at radius 3 is 2.55 bits per heavy atom. The molecule has 6 nitrogen and oxygen atoms in total. The van der Waals surface area contributed by atoms with E-state index in [2.05, 4.69) is 19.2 Å². The third kappa shape index (κ3) is 3.18. The van der Waals surface area contributed by atoms with Crippen LogP contribution < -0.4 is 19.7 Å². The second-order valence-electron chi connectivity index (χ2n) is 5.32. The molecule has 0 amide bonds. The van der Waals surface area contributed by atoms with Crippen LogP contribution in [0.2, 0.25) is 0 Å². The zero-order valence-corrected chi connectivity index (χ0v) is 13.8. The summed E-state index contributed by atoms with van der Waals surface area (Å²) in [4.78, 5) is 13.7. The van der Waals surface area contributed by atoms with Gasteiger partial charge in [-0.25, -0.2) is 4.79 Å². The van der Waals surface area contributed by atoms with Crippen molar-refractivity contribution >= 4 is 5.97 Å². The summed E-state index contributed by atoms with van der Waals surface area (Å²) in [6.45, 7) is 8.53. The van der Waals surface area contributed by atoms with Crippen LogP contribution in [0.1, 0.15) is 36.0 Å². The maximum Gasteiger partial charge on any atom is 0.347 e. The average molecular weight is 310 g/mol. The molecule has 0 fully saturated rings. The van der Waals surface area contributed by atoms with Crippen LogP contribution in [0.15, 0.2) is 12.1 Å². The van der Waals surface area contributed by atoms with E-state index in [1.165, 1.54) is 12.0 Å². The van der Waals surface area contributed by atoms with Crippen molar-refractivity contribution in [2.24, 2.45) is 0 Å². The predicted molar refractivity (Wildman–Crippen MR) is 81.4 cm³/mol. The fourth-order valence-electron chi connectivity index (χ4n) is 2.85. The molecule has 3 N–H and O–H groups in total. The van der Waals surface area contributed by atoms with E-state index in [0.717, 1.165) is 31.7 Å². The van der Waals surface area contributed by atoms with Gasteiger partial charge in [-0.15, -0.1) is 0 Å². The number of nitrogens with one attached hydrogen (secondary N) is 1. The minimum Gasteiger partial charge on any atom is -0.493 e. The number of esters is 1. The molecule has 0 saturated heterocycles. The molecular weight excluding hydrogens is 284 g/mol. The van der Waals surface area contributed by atoms with Gasteiger partial charge >= 0.3 is 5.97 Å². The van der Waals surface area contributed by atoms with E-state index in [1.807, 2.05) is 12.1 Å². The van der Waals surface area contributed by atoms with Crippen LogP contribution in [0.5, 0.6) is 11.5 Å². The van der Waals surface area contributed by atoms with Gasteiger partial charge in [-0.1, -0.05) is 0 Å². The predicted octanol–water partition coefficient (Wildman–Crippen LogP) is -0.639. The minimum absolute atomic E-state index is 0.294. The summed E-state index contributed by atoms with van der Waals surface area (Å²) in [5, 5.41) is 2.07. The van der Waals surface area contributed by atoms with Gasteiger partial charge in [0.2, 0.25) is 0 Å². The van der Waals surface area contributed by atoms with E-state index in [4.69, 9.17) is 14.2 Å². The zero-order chi connectivity index (χ0) is 16.1. The molecule has 22 heavy (non-hydrogen) atoms. The summed E-state index contributed by atoms with van der Waals surface area (Å²) in [6, 6.07) is 3.70. The molecule has 2 rings (SSSR count). The van der Waals surface area contributed by atoms with E-state index in [9.17, 15) is 4.79 Å². The van der Waals surface area contributed by atoms with Crippen molar-refractivity contribution in [2.75, 3.05) is 40.4 Å². The van der Waals surface area contributed by atoms with Gasteiger partial charge in [0, 0.05) is 0 Å². The Kier molecular flexibility index (Phi) is 5.63. The number of methoxy groups -OCH3 is 2. The summed E-state index contributed by atoms with van der Waals surface area (Å²) < 4.78 is 16.1. The summed E-state index contributed by atoms with van der Waals surface area (Å²) in [5.41, 5.74) is 1.34. The Morgan fingerprint density at radius 2 is 1.95 bits per heavy atom. The van der Waals surface area contributed by atoms with Gasteiger partial charge in [-0.3, -0.25) is 0 Å². The number of benzene rings is 1. The molecule has 1 aliphatic heterocycles. The fourth-order valence-corrected chi connectivity index (χ4v) is 2.85. The number of hydrogen-bond donors (Lipinski definition) is 2. The average Bonchev–Trinajstić information content (AvgIpc) is 2.87. The van der Waals surface area contributed by atoms with Crippen molar-refractivity contribution < 1.29 is 29.2 Å². The molecule has 1 heterocycles. The van der Waals surface area contributed by atoms with Crippen molar-refractivity contribution in [3.8, 4) is 11.5 Å². The smallest absolute Gasteiger partial charge is 0.347 e. The van der Waals surface area contributed by atoms with E-state index < -0.39 is 0 Å². The summed E-state index contributed by atoms with van der Waals surface area (Å²) in [7, 11) is 3.09. The number of likely N-dealkylation sites (N-methyl/N-ethyl adjacent to an activating group) is 1. The van der Waals surface area contributed by atoms with Gasteiger partial charge in [0.15, 0.2) is 11.5 Å². The third-order valence-corrected chi connectivity index (χ3v) is 4.20. The number of hydrogen-bond acceptors (Lipinski definition) is 4. The quantitative estimate of drug-likeness (QED) is 0.627. The Morgan fingerprint density at radius 1 is 1.23 bits per heavy atom. The number of quaternary nitrogens is 2. The van der Waals surface area contributed by atoms with Gasteiger partial charge in [-0.2, -0.15) is 0 Å². The number of carbonyl (C=O) groups is 1. The van der Waals surface area contributed by atoms with Crippen LogP contribution in [-0.2, 0) is 4.74 Å². The van der Waals surface area contributed by atoms with Crippen molar-refractivity contribution in [2.45, 2.75) is 20.1 Å². The van der Waals surface area contributed by atoms with E-state index in [1.54, 1.807) is 7.11 Å². The number of rotatable bonds is 8. The fraction of sp³-hybridized carbons (Fsp3) is 0.562. The van der Waals surface area contributed by atoms with E-state index >= 15 is 0 Å². The van der Waals surface area contributed by atoms with Crippen LogP contribution in [-0.4, -0.2) is 46.4 Å². The molecule has 0 aromatic heterocycles. The highest BCUT2D eigenvalue weighted by molar-refractivity contribution is 5.97. The Labute approximate surface area is 131 Å². The molecule has 0 radical (unpaired) electrons. The number of fused-ring (bicyclic) bond motifs is 1. The standard InChI is InChI=1S/C16H24N2O4/c1-5-18(6-2)10-9-17-15-11-7-8-12(20-3)14(21-4)13(11)16(19)22-15/h7-8,15,17H,5-6,9-10H2,1-4H3/p+2/t15-/m1/s1.